The Labute approximate surface area is 259 Å². The zero-order valence-corrected chi connectivity index (χ0v) is 26.7. The molecule has 1 saturated heterocycles. The molecule has 0 radical (unpaired) electrons. The van der Waals surface area contributed by atoms with Crippen molar-refractivity contribution in [3.05, 3.63) is 34.9 Å². The molecule has 2 heterocycles. The van der Waals surface area contributed by atoms with Gasteiger partial charge in [-0.3, -0.25) is 9.59 Å². The first kappa shape index (κ1) is 35.7. The summed E-state index contributed by atoms with van der Waals surface area (Å²) in [4.78, 5) is 25.6. The van der Waals surface area contributed by atoms with Gasteiger partial charge in [0.25, 0.3) is 5.91 Å². The quantitative estimate of drug-likeness (QED) is 0.113. The summed E-state index contributed by atoms with van der Waals surface area (Å²) in [6.45, 7) is 12.6. The number of hydrogen-bond acceptors (Lipinski definition) is 11. The number of esters is 1. The van der Waals surface area contributed by atoms with Crippen LogP contribution in [0.5, 0.6) is 11.5 Å². The number of amides is 1. The van der Waals surface area contributed by atoms with E-state index in [0.717, 1.165) is 5.57 Å². The molecular weight excluding hydrogens is 574 g/mol. The molecule has 2 aliphatic rings. The van der Waals surface area contributed by atoms with Crippen LogP contribution in [0.4, 0.5) is 0 Å². The van der Waals surface area contributed by atoms with E-state index < -0.39 is 72.2 Å². The highest BCUT2D eigenvalue weighted by molar-refractivity contribution is 5.81. The van der Waals surface area contributed by atoms with E-state index in [9.17, 15) is 35.1 Å². The van der Waals surface area contributed by atoms with Crippen molar-refractivity contribution in [3.63, 3.8) is 0 Å². The number of fused-ring (bicyclic) bond motifs is 1. The van der Waals surface area contributed by atoms with Crippen LogP contribution in [0.25, 0.3) is 0 Å². The lowest BCUT2D eigenvalue weighted by Crippen LogP contribution is -2.59. The monoisotopic (exact) mass is 623 g/mol. The standard InChI is InChI=1S/C32H49NO11/c1-15(2)9-24(41-7)29(39)30(40)33-31(42-8)25-14-26(37)32(5,6)27(43-25)13-21(35)17(4)23-10-18-16(3)20(34)12-22(36)19(18)11-28(38)44-23/h12,17,21,23-27,29,31,34-37,39H,1,9-11,13-14H2,2-8H3,(H,33,40). The van der Waals surface area contributed by atoms with Gasteiger partial charge >= 0.3 is 5.97 Å². The largest absolute Gasteiger partial charge is 0.508 e. The maximum atomic E-state index is 12.9. The Morgan fingerprint density at radius 2 is 1.82 bits per heavy atom. The number of carbonyl (C=O) groups excluding carboxylic acids is 2. The highest BCUT2D eigenvalue weighted by Gasteiger charge is 2.48. The number of aliphatic hydroxyl groups is 3. The molecule has 1 amide bonds. The van der Waals surface area contributed by atoms with E-state index in [1.807, 2.05) is 13.8 Å². The number of cyclic esters (lactones) is 1. The van der Waals surface area contributed by atoms with E-state index >= 15 is 0 Å². The molecule has 6 N–H and O–H groups in total. The zero-order chi connectivity index (χ0) is 33.1. The number of hydrogen-bond donors (Lipinski definition) is 6. The molecule has 0 spiro atoms. The minimum Gasteiger partial charge on any atom is -0.508 e. The van der Waals surface area contributed by atoms with Crippen molar-refractivity contribution in [1.29, 1.82) is 0 Å². The molecule has 0 aliphatic carbocycles. The summed E-state index contributed by atoms with van der Waals surface area (Å²) < 4.78 is 22.8. The van der Waals surface area contributed by atoms with Crippen LogP contribution < -0.4 is 5.32 Å². The van der Waals surface area contributed by atoms with Crippen LogP contribution >= 0.6 is 0 Å². The van der Waals surface area contributed by atoms with Gasteiger partial charge in [-0.25, -0.2) is 0 Å². The van der Waals surface area contributed by atoms with Crippen LogP contribution in [0.1, 0.15) is 63.6 Å². The number of phenols is 2. The Hall–Kier alpha value is -2.74. The molecule has 2 aliphatic heterocycles. The summed E-state index contributed by atoms with van der Waals surface area (Å²) in [7, 11) is 2.76. The van der Waals surface area contributed by atoms with Crippen molar-refractivity contribution < 1.29 is 54.1 Å². The third-order valence-electron chi connectivity index (χ3n) is 9.27. The number of methoxy groups -OCH3 is 2. The van der Waals surface area contributed by atoms with Crippen molar-refractivity contribution in [3.8, 4) is 11.5 Å². The molecule has 1 fully saturated rings. The van der Waals surface area contributed by atoms with E-state index in [0.29, 0.717) is 16.7 Å². The number of ether oxygens (including phenoxy) is 4. The average molecular weight is 624 g/mol. The molecule has 1 aromatic rings. The summed E-state index contributed by atoms with van der Waals surface area (Å²) in [6, 6.07) is 1.21. The summed E-state index contributed by atoms with van der Waals surface area (Å²) >= 11 is 0. The van der Waals surface area contributed by atoms with Crippen LogP contribution in [-0.4, -0.2) is 101 Å². The fourth-order valence-electron chi connectivity index (χ4n) is 6.01. The van der Waals surface area contributed by atoms with Crippen molar-refractivity contribution in [2.24, 2.45) is 11.3 Å². The Morgan fingerprint density at radius 1 is 1.16 bits per heavy atom. The lowest BCUT2D eigenvalue weighted by Gasteiger charge is -2.48. The number of carbonyl (C=O) groups is 2. The molecule has 1 aromatic carbocycles. The van der Waals surface area contributed by atoms with Gasteiger partial charge in [0, 0.05) is 56.4 Å². The predicted octanol–water partition coefficient (Wildman–Crippen LogP) is 1.78. The molecule has 12 nitrogen and oxygen atoms in total. The predicted molar refractivity (Wildman–Crippen MR) is 160 cm³/mol. The smallest absolute Gasteiger partial charge is 0.310 e. The van der Waals surface area contributed by atoms with Crippen molar-refractivity contribution in [2.75, 3.05) is 14.2 Å². The summed E-state index contributed by atoms with van der Waals surface area (Å²) in [5.74, 6) is -2.16. The first-order valence-electron chi connectivity index (χ1n) is 14.9. The highest BCUT2D eigenvalue weighted by atomic mass is 16.6. The minimum atomic E-state index is -1.50. The fraction of sp³-hybridized carbons (Fsp3) is 0.688. The minimum absolute atomic E-state index is 0.0598. The number of benzene rings is 1. The lowest BCUT2D eigenvalue weighted by atomic mass is 9.73. The van der Waals surface area contributed by atoms with Crippen molar-refractivity contribution >= 4 is 11.9 Å². The second-order valence-corrected chi connectivity index (χ2v) is 12.8. The van der Waals surface area contributed by atoms with Crippen LogP contribution in [-0.2, 0) is 41.4 Å². The van der Waals surface area contributed by atoms with E-state index in [1.54, 1.807) is 20.8 Å². The normalized spacial score (nSPS) is 26.7. The average Bonchev–Trinajstić information content (AvgIpc) is 3.14. The van der Waals surface area contributed by atoms with E-state index in [1.165, 1.54) is 20.3 Å². The van der Waals surface area contributed by atoms with Gasteiger partial charge in [-0.1, -0.05) is 26.3 Å². The number of nitrogens with one attached hydrogen (secondary N) is 1. The molecule has 9 atom stereocenters. The number of aromatic hydroxyl groups is 2. The van der Waals surface area contributed by atoms with Crippen LogP contribution in [0, 0.1) is 18.3 Å². The number of rotatable bonds is 12. The third-order valence-corrected chi connectivity index (χ3v) is 9.27. The maximum Gasteiger partial charge on any atom is 0.310 e. The third kappa shape index (κ3) is 7.91. The van der Waals surface area contributed by atoms with Crippen molar-refractivity contribution in [2.45, 2.75) is 116 Å². The van der Waals surface area contributed by atoms with E-state index in [-0.39, 0.29) is 43.6 Å². The first-order valence-corrected chi connectivity index (χ1v) is 14.9. The SMILES string of the molecule is C=C(C)CC(OC)C(O)C(=O)NC(OC)C1CC(O)C(C)(C)C(CC(O)C(C)C2Cc3c(C)c(O)cc(O)c3CC(=O)O2)O1. The van der Waals surface area contributed by atoms with Gasteiger partial charge in [-0.2, -0.15) is 0 Å². The topological polar surface area (TPSA) is 184 Å². The lowest BCUT2D eigenvalue weighted by molar-refractivity contribution is -0.217. The molecule has 248 valence electrons. The highest BCUT2D eigenvalue weighted by Crippen LogP contribution is 2.41. The summed E-state index contributed by atoms with van der Waals surface area (Å²) in [5.41, 5.74) is 1.45. The maximum absolute atomic E-state index is 12.9. The van der Waals surface area contributed by atoms with Gasteiger partial charge in [0.2, 0.25) is 0 Å². The van der Waals surface area contributed by atoms with Gasteiger partial charge in [0.05, 0.1) is 30.8 Å². The molecule has 12 heteroatoms. The van der Waals surface area contributed by atoms with Crippen LogP contribution in [0.15, 0.2) is 18.2 Å². The first-order chi connectivity index (χ1) is 20.5. The Kier molecular flexibility index (Phi) is 11.8. The molecule has 0 saturated carbocycles. The summed E-state index contributed by atoms with van der Waals surface area (Å²) in [5, 5.41) is 56.4. The molecule has 3 rings (SSSR count). The Balaban J connectivity index is 1.75. The second-order valence-electron chi connectivity index (χ2n) is 12.8. The molecule has 44 heavy (non-hydrogen) atoms. The molecule has 0 bridgehead atoms. The zero-order valence-electron chi connectivity index (χ0n) is 26.7. The number of phenolic OH excluding ortho intramolecular Hbond substituents is 2. The Bertz CT molecular complexity index is 1200. The second kappa shape index (κ2) is 14.6. The molecular formula is C32H49NO11. The van der Waals surface area contributed by atoms with Gasteiger partial charge in [-0.15, -0.1) is 6.58 Å². The van der Waals surface area contributed by atoms with Gasteiger partial charge in [0.1, 0.15) is 23.7 Å². The fourth-order valence-corrected chi connectivity index (χ4v) is 6.01. The van der Waals surface area contributed by atoms with Gasteiger partial charge in [-0.05, 0) is 31.4 Å². The van der Waals surface area contributed by atoms with E-state index in [2.05, 4.69) is 11.9 Å². The van der Waals surface area contributed by atoms with Crippen molar-refractivity contribution in [1.82, 2.24) is 5.32 Å². The Morgan fingerprint density at radius 3 is 2.41 bits per heavy atom. The van der Waals surface area contributed by atoms with Crippen LogP contribution in [0.2, 0.25) is 0 Å². The van der Waals surface area contributed by atoms with Crippen LogP contribution in [0.3, 0.4) is 0 Å². The molecule has 0 aromatic heterocycles. The molecule has 9 unspecified atom stereocenters. The van der Waals surface area contributed by atoms with Gasteiger partial charge in [0.15, 0.2) is 12.3 Å². The summed E-state index contributed by atoms with van der Waals surface area (Å²) in [6.07, 6.45) is -7.07. The number of aliphatic hydroxyl groups excluding tert-OH is 3. The van der Waals surface area contributed by atoms with Gasteiger partial charge < -0.3 is 49.8 Å². The van der Waals surface area contributed by atoms with E-state index in [4.69, 9.17) is 18.9 Å².